The van der Waals surface area contributed by atoms with Crippen LogP contribution in [-0.2, 0) is 5.66 Å². The third-order valence-electron chi connectivity index (χ3n) is 5.21. The van der Waals surface area contributed by atoms with Gasteiger partial charge in [-0.15, -0.1) is 12.4 Å². The van der Waals surface area contributed by atoms with Crippen molar-refractivity contribution in [3.05, 3.63) is 45.7 Å². The number of nitrogens with one attached hydrogen (secondary N) is 3. The number of nitrogens with zero attached hydrogens (tertiary/aromatic N) is 3. The van der Waals surface area contributed by atoms with Crippen molar-refractivity contribution in [1.82, 2.24) is 25.2 Å². The Morgan fingerprint density at radius 2 is 2.07 bits per heavy atom. The number of fused-ring (bicyclic) bond motifs is 2. The van der Waals surface area contributed by atoms with Gasteiger partial charge in [-0.2, -0.15) is 0 Å². The Bertz CT molecular complexity index is 910. The molecule has 2 aliphatic rings. The van der Waals surface area contributed by atoms with Crippen LogP contribution in [0.1, 0.15) is 36.2 Å². The third kappa shape index (κ3) is 3.28. The second-order valence-corrected chi connectivity index (χ2v) is 7.07. The number of anilines is 2. The summed E-state index contributed by atoms with van der Waals surface area (Å²) in [7, 11) is 1.93. The van der Waals surface area contributed by atoms with Crippen LogP contribution in [-0.4, -0.2) is 33.5 Å². The first-order valence-corrected chi connectivity index (χ1v) is 8.91. The molecule has 1 spiro atoms. The Morgan fingerprint density at radius 3 is 2.70 bits per heavy atom. The number of rotatable bonds is 3. The highest BCUT2D eigenvalue weighted by atomic mass is 35.5. The smallest absolute Gasteiger partial charge is 0.276 e. The van der Waals surface area contributed by atoms with Gasteiger partial charge in [0.05, 0.1) is 5.02 Å². The molecule has 2 aromatic rings. The molecule has 1 aliphatic carbocycles. The molecule has 27 heavy (non-hydrogen) atoms. The van der Waals surface area contributed by atoms with E-state index < -0.39 is 5.66 Å². The summed E-state index contributed by atoms with van der Waals surface area (Å²) in [5, 5.41) is 9.49. The third-order valence-corrected chi connectivity index (χ3v) is 5.50. The average molecular weight is 411 g/mol. The summed E-state index contributed by atoms with van der Waals surface area (Å²) in [4.78, 5) is 33.6. The molecule has 0 bridgehead atoms. The SMILES string of the molecule is CNC1CCC2(CC1)NC(=O)c1c(Cl)cc(Nc3ccncn3)c(=O)n12.Cl. The number of pyridine rings is 1. The van der Waals surface area contributed by atoms with E-state index in [0.29, 0.717) is 24.7 Å². The standard InChI is InChI=1S/C17H19ClN6O2.ClH/c1-19-10-2-5-17(6-3-10)23-15(25)14-11(18)8-12(16(26)24(14)17)22-13-4-7-20-9-21-13;/h4,7-10,19H,2-3,5-6H2,1H3,(H,23,25)(H,20,21,22);1H. The molecular weight excluding hydrogens is 391 g/mol. The van der Waals surface area contributed by atoms with Crippen molar-refractivity contribution >= 4 is 41.4 Å². The first-order valence-electron chi connectivity index (χ1n) is 8.53. The van der Waals surface area contributed by atoms with Gasteiger partial charge in [0.25, 0.3) is 11.5 Å². The van der Waals surface area contributed by atoms with E-state index in [-0.39, 0.29) is 40.3 Å². The van der Waals surface area contributed by atoms with E-state index in [2.05, 4.69) is 25.9 Å². The fraction of sp³-hybridized carbons (Fsp3) is 0.412. The van der Waals surface area contributed by atoms with Gasteiger partial charge in [0.15, 0.2) is 0 Å². The lowest BCUT2D eigenvalue weighted by atomic mass is 9.86. The lowest BCUT2D eigenvalue weighted by Gasteiger charge is -2.38. The molecule has 3 heterocycles. The Hall–Kier alpha value is -2.16. The van der Waals surface area contributed by atoms with Gasteiger partial charge in [-0.1, -0.05) is 11.6 Å². The van der Waals surface area contributed by atoms with Crippen LogP contribution in [0.15, 0.2) is 29.5 Å². The van der Waals surface area contributed by atoms with Gasteiger partial charge in [0.2, 0.25) is 0 Å². The Kier molecular flexibility index (Phi) is 5.41. The average Bonchev–Trinajstić information content (AvgIpc) is 2.93. The minimum atomic E-state index is -0.718. The van der Waals surface area contributed by atoms with Gasteiger partial charge in [-0.3, -0.25) is 14.2 Å². The van der Waals surface area contributed by atoms with Crippen molar-refractivity contribution in [2.24, 2.45) is 0 Å². The summed E-state index contributed by atoms with van der Waals surface area (Å²) in [5.41, 5.74) is -0.495. The molecule has 2 aromatic heterocycles. The van der Waals surface area contributed by atoms with E-state index in [1.165, 1.54) is 17.0 Å². The van der Waals surface area contributed by atoms with Crippen LogP contribution >= 0.6 is 24.0 Å². The first-order chi connectivity index (χ1) is 12.5. The maximum atomic E-state index is 13.2. The highest BCUT2D eigenvalue weighted by molar-refractivity contribution is 6.34. The number of hydrogen-bond donors (Lipinski definition) is 3. The predicted octanol–water partition coefficient (Wildman–Crippen LogP) is 2.02. The topological polar surface area (TPSA) is 101 Å². The molecule has 8 nitrogen and oxygen atoms in total. The molecule has 1 fully saturated rings. The zero-order valence-electron chi connectivity index (χ0n) is 14.7. The zero-order chi connectivity index (χ0) is 18.3. The quantitative estimate of drug-likeness (QED) is 0.715. The van der Waals surface area contributed by atoms with Crippen molar-refractivity contribution in [2.45, 2.75) is 37.4 Å². The second kappa shape index (κ2) is 7.46. The van der Waals surface area contributed by atoms with Gasteiger partial charge in [0, 0.05) is 12.2 Å². The lowest BCUT2D eigenvalue weighted by molar-refractivity contribution is 0.0859. The number of carbonyl (C=O) groups is 1. The van der Waals surface area contributed by atoms with Crippen molar-refractivity contribution in [1.29, 1.82) is 0 Å². The molecule has 1 saturated carbocycles. The van der Waals surface area contributed by atoms with Gasteiger partial charge in [-0.05, 0) is 44.9 Å². The highest BCUT2D eigenvalue weighted by Crippen LogP contribution is 2.38. The van der Waals surface area contributed by atoms with Crippen LogP contribution in [0.2, 0.25) is 5.02 Å². The van der Waals surface area contributed by atoms with Crippen molar-refractivity contribution in [2.75, 3.05) is 12.4 Å². The van der Waals surface area contributed by atoms with Crippen LogP contribution in [0.4, 0.5) is 11.5 Å². The molecular formula is C17H20Cl2N6O2. The Balaban J connectivity index is 0.00000210. The van der Waals surface area contributed by atoms with Crippen molar-refractivity contribution in [3.8, 4) is 0 Å². The lowest BCUT2D eigenvalue weighted by Crippen LogP contribution is -2.51. The van der Waals surface area contributed by atoms with Crippen molar-refractivity contribution in [3.63, 3.8) is 0 Å². The van der Waals surface area contributed by atoms with Gasteiger partial charge in [0.1, 0.15) is 29.2 Å². The monoisotopic (exact) mass is 410 g/mol. The van der Waals surface area contributed by atoms with Gasteiger partial charge < -0.3 is 16.0 Å². The van der Waals surface area contributed by atoms with E-state index in [4.69, 9.17) is 11.6 Å². The zero-order valence-corrected chi connectivity index (χ0v) is 16.2. The van der Waals surface area contributed by atoms with Crippen LogP contribution in [0.5, 0.6) is 0 Å². The summed E-state index contributed by atoms with van der Waals surface area (Å²) >= 11 is 6.36. The minimum absolute atomic E-state index is 0. The van der Waals surface area contributed by atoms with Gasteiger partial charge >= 0.3 is 0 Å². The molecule has 0 saturated heterocycles. The van der Waals surface area contributed by atoms with E-state index in [1.54, 1.807) is 12.3 Å². The normalized spacial score (nSPS) is 23.5. The highest BCUT2D eigenvalue weighted by Gasteiger charge is 2.47. The fourth-order valence-electron chi connectivity index (χ4n) is 3.86. The molecule has 1 amide bonds. The number of amides is 1. The molecule has 3 N–H and O–H groups in total. The van der Waals surface area contributed by atoms with Crippen LogP contribution < -0.4 is 21.5 Å². The largest absolute Gasteiger partial charge is 0.336 e. The molecule has 0 aromatic carbocycles. The number of hydrogen-bond acceptors (Lipinski definition) is 6. The summed E-state index contributed by atoms with van der Waals surface area (Å²) in [6.45, 7) is 0. The minimum Gasteiger partial charge on any atom is -0.336 e. The van der Waals surface area contributed by atoms with Crippen molar-refractivity contribution < 1.29 is 4.79 Å². The first kappa shape index (κ1) is 19.6. The van der Waals surface area contributed by atoms with E-state index >= 15 is 0 Å². The van der Waals surface area contributed by atoms with Crippen LogP contribution in [0.25, 0.3) is 0 Å². The number of halogens is 2. The van der Waals surface area contributed by atoms with Gasteiger partial charge in [-0.25, -0.2) is 9.97 Å². The van der Waals surface area contributed by atoms with E-state index in [1.807, 2.05) is 7.05 Å². The van der Waals surface area contributed by atoms with Crippen LogP contribution in [0, 0.1) is 0 Å². The van der Waals surface area contributed by atoms with E-state index in [0.717, 1.165) is 12.8 Å². The Morgan fingerprint density at radius 1 is 1.33 bits per heavy atom. The summed E-state index contributed by atoms with van der Waals surface area (Å²) < 4.78 is 1.53. The maximum absolute atomic E-state index is 13.2. The maximum Gasteiger partial charge on any atom is 0.276 e. The molecule has 1 aliphatic heterocycles. The van der Waals surface area contributed by atoms with Crippen LogP contribution in [0.3, 0.4) is 0 Å². The second-order valence-electron chi connectivity index (χ2n) is 6.66. The number of carbonyl (C=O) groups excluding carboxylic acids is 1. The molecule has 0 unspecified atom stereocenters. The molecule has 4 rings (SSSR count). The fourth-order valence-corrected chi connectivity index (χ4v) is 4.13. The molecule has 10 heteroatoms. The number of aromatic nitrogens is 3. The molecule has 0 atom stereocenters. The summed E-state index contributed by atoms with van der Waals surface area (Å²) in [6.07, 6.45) is 6.04. The molecule has 144 valence electrons. The summed E-state index contributed by atoms with van der Waals surface area (Å²) in [5.74, 6) is 0.183. The predicted molar refractivity (Wildman–Crippen MR) is 105 cm³/mol. The summed E-state index contributed by atoms with van der Waals surface area (Å²) in [6, 6.07) is 3.52. The van der Waals surface area contributed by atoms with E-state index in [9.17, 15) is 9.59 Å². The Labute approximate surface area is 167 Å². The molecule has 0 radical (unpaired) electrons.